The number of alkyl halides is 2. The van der Waals surface area contributed by atoms with Crippen molar-refractivity contribution in [2.45, 2.75) is 35.6 Å². The zero-order valence-electron chi connectivity index (χ0n) is 6.39. The Morgan fingerprint density at radius 2 is 2.36 bits per heavy atom. The first-order valence-electron chi connectivity index (χ1n) is 3.72. The standard InChI is InChI=1S/C7H12FIO2/c1-2-11-6-4-7(8,9)3-5(6)10/h5-6,10H,2-4H2,1H3/t5-,6-,7?/m0/s1. The average Bonchev–Trinajstić information content (AvgIpc) is 2.07. The predicted octanol–water partition coefficient (Wildman–Crippen LogP) is 1.65. The van der Waals surface area contributed by atoms with Crippen LogP contribution in [0.4, 0.5) is 4.39 Å². The number of aliphatic hydroxyl groups excluding tert-OH is 1. The number of halogens is 2. The van der Waals surface area contributed by atoms with Crippen molar-refractivity contribution in [1.29, 1.82) is 0 Å². The molecule has 0 amide bonds. The second-order valence-electron chi connectivity index (χ2n) is 2.83. The maximum Gasteiger partial charge on any atom is 0.166 e. The first-order chi connectivity index (χ1) is 5.05. The molecule has 0 aromatic heterocycles. The van der Waals surface area contributed by atoms with Gasteiger partial charge in [0.05, 0.1) is 12.2 Å². The van der Waals surface area contributed by atoms with Gasteiger partial charge in [0.2, 0.25) is 0 Å². The fourth-order valence-electron chi connectivity index (χ4n) is 1.34. The zero-order valence-corrected chi connectivity index (χ0v) is 8.54. The largest absolute Gasteiger partial charge is 0.390 e. The van der Waals surface area contributed by atoms with Gasteiger partial charge >= 0.3 is 0 Å². The van der Waals surface area contributed by atoms with Crippen LogP contribution in [0.2, 0.25) is 0 Å². The molecule has 1 aliphatic carbocycles. The average molecular weight is 274 g/mol. The molecule has 1 unspecified atom stereocenters. The van der Waals surface area contributed by atoms with Gasteiger partial charge in [-0.15, -0.1) is 0 Å². The fourth-order valence-corrected chi connectivity index (χ4v) is 2.22. The Morgan fingerprint density at radius 1 is 1.73 bits per heavy atom. The van der Waals surface area contributed by atoms with Crippen molar-refractivity contribution in [3.05, 3.63) is 0 Å². The molecule has 4 heteroatoms. The highest BCUT2D eigenvalue weighted by Crippen LogP contribution is 2.40. The number of ether oxygens (including phenoxy) is 1. The Kier molecular flexibility index (Phi) is 3.10. The molecule has 0 aliphatic heterocycles. The van der Waals surface area contributed by atoms with Gasteiger partial charge in [-0.05, 0) is 29.5 Å². The van der Waals surface area contributed by atoms with Crippen molar-refractivity contribution in [2.24, 2.45) is 0 Å². The molecule has 0 heterocycles. The second kappa shape index (κ2) is 3.53. The Balaban J connectivity index is 2.45. The third-order valence-corrected chi connectivity index (χ3v) is 2.70. The highest BCUT2D eigenvalue weighted by atomic mass is 127. The number of rotatable bonds is 2. The zero-order chi connectivity index (χ0) is 8.48. The van der Waals surface area contributed by atoms with Crippen LogP contribution >= 0.6 is 22.6 Å². The molecule has 0 saturated heterocycles. The molecule has 1 N–H and O–H groups in total. The molecule has 0 bridgehead atoms. The van der Waals surface area contributed by atoms with Crippen molar-refractivity contribution in [3.63, 3.8) is 0 Å². The first kappa shape index (κ1) is 9.67. The van der Waals surface area contributed by atoms with Crippen LogP contribution in [0.5, 0.6) is 0 Å². The number of hydrogen-bond donors (Lipinski definition) is 1. The highest BCUT2D eigenvalue weighted by molar-refractivity contribution is 14.1. The minimum absolute atomic E-state index is 0.193. The van der Waals surface area contributed by atoms with Crippen molar-refractivity contribution < 1.29 is 14.2 Å². The van der Waals surface area contributed by atoms with Gasteiger partial charge < -0.3 is 9.84 Å². The van der Waals surface area contributed by atoms with Crippen molar-refractivity contribution in [2.75, 3.05) is 6.61 Å². The molecule has 66 valence electrons. The van der Waals surface area contributed by atoms with E-state index in [1.54, 1.807) is 22.6 Å². The van der Waals surface area contributed by atoms with E-state index in [1.807, 2.05) is 6.92 Å². The summed E-state index contributed by atoms with van der Waals surface area (Å²) >= 11 is 1.73. The van der Waals surface area contributed by atoms with Crippen LogP contribution in [0.3, 0.4) is 0 Å². The van der Waals surface area contributed by atoms with E-state index >= 15 is 0 Å². The Morgan fingerprint density at radius 3 is 2.73 bits per heavy atom. The summed E-state index contributed by atoms with van der Waals surface area (Å²) in [5, 5.41) is 9.29. The summed E-state index contributed by atoms with van der Waals surface area (Å²) < 4.78 is 17.1. The quantitative estimate of drug-likeness (QED) is 0.613. The van der Waals surface area contributed by atoms with Crippen molar-refractivity contribution in [3.8, 4) is 0 Å². The topological polar surface area (TPSA) is 29.5 Å². The van der Waals surface area contributed by atoms with E-state index in [-0.39, 0.29) is 12.5 Å². The van der Waals surface area contributed by atoms with Crippen LogP contribution in [0.25, 0.3) is 0 Å². The molecule has 1 saturated carbocycles. The van der Waals surface area contributed by atoms with E-state index in [2.05, 4.69) is 0 Å². The lowest BCUT2D eigenvalue weighted by molar-refractivity contribution is -0.0131. The van der Waals surface area contributed by atoms with Gasteiger partial charge in [-0.3, -0.25) is 0 Å². The number of aliphatic hydroxyl groups is 1. The van der Waals surface area contributed by atoms with Gasteiger partial charge in [0.15, 0.2) is 3.68 Å². The molecule has 11 heavy (non-hydrogen) atoms. The molecule has 2 nitrogen and oxygen atoms in total. The SMILES string of the molecule is CCO[C@H]1CC(F)(I)C[C@@H]1O. The smallest absolute Gasteiger partial charge is 0.166 e. The fraction of sp³-hybridized carbons (Fsp3) is 1.00. The van der Waals surface area contributed by atoms with Crippen molar-refractivity contribution in [1.82, 2.24) is 0 Å². The van der Waals surface area contributed by atoms with Crippen LogP contribution in [0.15, 0.2) is 0 Å². The van der Waals surface area contributed by atoms with Gasteiger partial charge in [0.25, 0.3) is 0 Å². The van der Waals surface area contributed by atoms with Crippen LogP contribution in [0.1, 0.15) is 19.8 Å². The lowest BCUT2D eigenvalue weighted by atomic mass is 10.3. The van der Waals surface area contributed by atoms with E-state index in [0.29, 0.717) is 13.0 Å². The van der Waals surface area contributed by atoms with Crippen LogP contribution in [-0.2, 0) is 4.74 Å². The minimum Gasteiger partial charge on any atom is -0.390 e. The lowest BCUT2D eigenvalue weighted by Gasteiger charge is -2.12. The molecular weight excluding hydrogens is 262 g/mol. The summed E-state index contributed by atoms with van der Waals surface area (Å²) in [7, 11) is 0. The summed E-state index contributed by atoms with van der Waals surface area (Å²) in [6.45, 7) is 2.38. The molecule has 0 aromatic rings. The van der Waals surface area contributed by atoms with E-state index in [0.717, 1.165) is 0 Å². The molecule has 1 fully saturated rings. The number of hydrogen-bond acceptors (Lipinski definition) is 2. The third-order valence-electron chi connectivity index (χ3n) is 1.82. The molecule has 0 aromatic carbocycles. The molecule has 0 spiro atoms. The summed E-state index contributed by atoms with van der Waals surface area (Å²) in [5.74, 6) is 0. The van der Waals surface area contributed by atoms with Crippen molar-refractivity contribution >= 4 is 22.6 Å². The van der Waals surface area contributed by atoms with Gasteiger partial charge in [-0.1, -0.05) is 0 Å². The van der Waals surface area contributed by atoms with Gasteiger partial charge in [-0.25, -0.2) is 4.39 Å². The predicted molar refractivity (Wildman–Crippen MR) is 48.5 cm³/mol. The normalized spacial score (nSPS) is 44.7. The second-order valence-corrected chi connectivity index (χ2v) is 4.76. The molecule has 3 atom stereocenters. The minimum atomic E-state index is -1.27. The highest BCUT2D eigenvalue weighted by Gasteiger charge is 2.43. The van der Waals surface area contributed by atoms with E-state index < -0.39 is 9.78 Å². The first-order valence-corrected chi connectivity index (χ1v) is 4.80. The van der Waals surface area contributed by atoms with Crippen LogP contribution in [-0.4, -0.2) is 27.6 Å². The molecule has 1 aliphatic rings. The third kappa shape index (κ3) is 2.52. The van der Waals surface area contributed by atoms with Crippen LogP contribution < -0.4 is 0 Å². The molecule has 1 rings (SSSR count). The van der Waals surface area contributed by atoms with E-state index in [9.17, 15) is 9.50 Å². The Labute approximate surface area is 79.3 Å². The summed E-state index contributed by atoms with van der Waals surface area (Å²) in [5.41, 5.74) is 0. The van der Waals surface area contributed by atoms with E-state index in [4.69, 9.17) is 4.74 Å². The summed E-state index contributed by atoms with van der Waals surface area (Å²) in [6.07, 6.45) is -0.431. The molecule has 0 radical (unpaired) electrons. The van der Waals surface area contributed by atoms with Crippen LogP contribution in [0, 0.1) is 0 Å². The maximum absolute atomic E-state index is 13.2. The molecular formula is C7H12FIO2. The van der Waals surface area contributed by atoms with Gasteiger partial charge in [0, 0.05) is 19.4 Å². The van der Waals surface area contributed by atoms with E-state index in [1.165, 1.54) is 0 Å². The monoisotopic (exact) mass is 274 g/mol. The summed E-state index contributed by atoms with van der Waals surface area (Å²) in [6, 6.07) is 0. The summed E-state index contributed by atoms with van der Waals surface area (Å²) in [4.78, 5) is 0. The van der Waals surface area contributed by atoms with Gasteiger partial charge in [0.1, 0.15) is 0 Å². The Bertz CT molecular complexity index is 140. The van der Waals surface area contributed by atoms with Gasteiger partial charge in [-0.2, -0.15) is 0 Å². The lowest BCUT2D eigenvalue weighted by Crippen LogP contribution is -2.22. The Hall–Kier alpha value is 0.580. The maximum atomic E-state index is 13.2.